The van der Waals surface area contributed by atoms with Gasteiger partial charge in [0.05, 0.1) is 6.42 Å². The molecule has 1 aromatic rings. The molecule has 1 N–H and O–H groups in total. The molecule has 0 fully saturated rings. The summed E-state index contributed by atoms with van der Waals surface area (Å²) in [5, 5.41) is 15.9. The normalized spacial score (nSPS) is 10.1. The van der Waals surface area contributed by atoms with E-state index < -0.39 is 5.97 Å². The summed E-state index contributed by atoms with van der Waals surface area (Å²) >= 11 is 0. The number of aryl methyl sites for hydroxylation is 2. The molecule has 0 aliphatic rings. The molecule has 1 rings (SSSR count). The number of nitrogens with zero attached hydrogens (tertiary/aromatic N) is 3. The van der Waals surface area contributed by atoms with Gasteiger partial charge in [0.15, 0.2) is 0 Å². The SMILES string of the molecule is CCn1cnnc1CCC(=O)O. The first-order valence-electron chi connectivity index (χ1n) is 3.82. The maximum Gasteiger partial charge on any atom is 0.303 e. The van der Waals surface area contributed by atoms with Gasteiger partial charge in [0.1, 0.15) is 12.2 Å². The minimum Gasteiger partial charge on any atom is -0.481 e. The third-order valence-corrected chi connectivity index (χ3v) is 1.60. The summed E-state index contributed by atoms with van der Waals surface area (Å²) in [6.45, 7) is 2.75. The fraction of sp³-hybridized carbons (Fsp3) is 0.571. The Labute approximate surface area is 70.0 Å². The van der Waals surface area contributed by atoms with Gasteiger partial charge in [-0.1, -0.05) is 0 Å². The first-order valence-corrected chi connectivity index (χ1v) is 3.82. The van der Waals surface area contributed by atoms with Crippen LogP contribution in [0, 0.1) is 0 Å². The zero-order valence-electron chi connectivity index (χ0n) is 6.90. The second-order valence-electron chi connectivity index (χ2n) is 2.43. The van der Waals surface area contributed by atoms with Crippen molar-refractivity contribution in [3.8, 4) is 0 Å². The van der Waals surface area contributed by atoms with E-state index in [1.54, 1.807) is 6.33 Å². The second kappa shape index (κ2) is 3.85. The van der Waals surface area contributed by atoms with Gasteiger partial charge in [0.2, 0.25) is 0 Å². The molecule has 0 spiro atoms. The van der Waals surface area contributed by atoms with E-state index in [-0.39, 0.29) is 6.42 Å². The van der Waals surface area contributed by atoms with E-state index >= 15 is 0 Å². The summed E-state index contributed by atoms with van der Waals surface area (Å²) in [7, 11) is 0. The molecule has 0 saturated carbocycles. The fourth-order valence-corrected chi connectivity index (χ4v) is 0.955. The van der Waals surface area contributed by atoms with Gasteiger partial charge >= 0.3 is 5.97 Å². The lowest BCUT2D eigenvalue weighted by Gasteiger charge is -1.99. The van der Waals surface area contributed by atoms with Crippen LogP contribution in [-0.4, -0.2) is 25.8 Å². The summed E-state index contributed by atoms with van der Waals surface area (Å²) < 4.78 is 1.84. The van der Waals surface area contributed by atoms with Crippen molar-refractivity contribution in [3.05, 3.63) is 12.2 Å². The smallest absolute Gasteiger partial charge is 0.303 e. The minimum absolute atomic E-state index is 0.110. The molecule has 0 aliphatic carbocycles. The lowest BCUT2D eigenvalue weighted by Crippen LogP contribution is -2.04. The van der Waals surface area contributed by atoms with Crippen LogP contribution in [0.15, 0.2) is 6.33 Å². The lowest BCUT2D eigenvalue weighted by atomic mass is 10.3. The summed E-state index contributed by atoms with van der Waals surface area (Å²) in [6.07, 6.45) is 2.17. The van der Waals surface area contributed by atoms with Crippen LogP contribution in [0.4, 0.5) is 0 Å². The predicted octanol–water partition coefficient (Wildman–Crippen LogP) is 0.315. The third kappa shape index (κ3) is 2.05. The van der Waals surface area contributed by atoms with E-state index in [4.69, 9.17) is 5.11 Å². The minimum atomic E-state index is -0.805. The Morgan fingerprint density at radius 2 is 2.50 bits per heavy atom. The van der Waals surface area contributed by atoms with Gasteiger partial charge in [-0.15, -0.1) is 10.2 Å². The molecule has 0 atom stereocenters. The highest BCUT2D eigenvalue weighted by molar-refractivity contribution is 5.66. The van der Waals surface area contributed by atoms with Gasteiger partial charge in [-0.25, -0.2) is 0 Å². The standard InChI is InChI=1S/C7H11N3O2/c1-2-10-5-8-9-6(10)3-4-7(11)12/h5H,2-4H2,1H3,(H,11,12). The number of rotatable bonds is 4. The molecule has 0 bridgehead atoms. The number of hydrogen-bond acceptors (Lipinski definition) is 3. The van der Waals surface area contributed by atoms with E-state index in [0.717, 1.165) is 12.4 Å². The highest BCUT2D eigenvalue weighted by atomic mass is 16.4. The van der Waals surface area contributed by atoms with Gasteiger partial charge in [-0.3, -0.25) is 4.79 Å². The van der Waals surface area contributed by atoms with Crippen LogP contribution >= 0.6 is 0 Å². The van der Waals surface area contributed by atoms with Crippen LogP contribution in [0.1, 0.15) is 19.2 Å². The van der Waals surface area contributed by atoms with Gasteiger partial charge in [0, 0.05) is 13.0 Å². The number of carbonyl (C=O) groups is 1. The molecule has 0 saturated heterocycles. The Hall–Kier alpha value is -1.39. The van der Waals surface area contributed by atoms with Gasteiger partial charge in [-0.2, -0.15) is 0 Å². The van der Waals surface area contributed by atoms with Crippen LogP contribution in [0.5, 0.6) is 0 Å². The molecule has 5 heteroatoms. The maximum atomic E-state index is 10.2. The second-order valence-corrected chi connectivity index (χ2v) is 2.43. The first kappa shape index (κ1) is 8.70. The summed E-state index contributed by atoms with van der Waals surface area (Å²) in [4.78, 5) is 10.2. The zero-order valence-corrected chi connectivity index (χ0v) is 6.90. The molecule has 12 heavy (non-hydrogen) atoms. The van der Waals surface area contributed by atoms with Crippen LogP contribution in [0.2, 0.25) is 0 Å². The Balaban J connectivity index is 2.56. The predicted molar refractivity (Wildman–Crippen MR) is 41.7 cm³/mol. The Bertz CT molecular complexity index is 269. The van der Waals surface area contributed by atoms with E-state index in [2.05, 4.69) is 10.2 Å². The summed E-state index contributed by atoms with van der Waals surface area (Å²) in [5.41, 5.74) is 0. The van der Waals surface area contributed by atoms with Crippen molar-refractivity contribution < 1.29 is 9.90 Å². The van der Waals surface area contributed by atoms with E-state index in [9.17, 15) is 4.79 Å². The topological polar surface area (TPSA) is 68.0 Å². The van der Waals surface area contributed by atoms with Crippen molar-refractivity contribution in [1.82, 2.24) is 14.8 Å². The molecule has 0 aliphatic heterocycles. The molecular formula is C7H11N3O2. The van der Waals surface area contributed by atoms with Crippen molar-refractivity contribution in [2.75, 3.05) is 0 Å². The third-order valence-electron chi connectivity index (χ3n) is 1.60. The monoisotopic (exact) mass is 169 g/mol. The van der Waals surface area contributed by atoms with Crippen molar-refractivity contribution in [2.24, 2.45) is 0 Å². The van der Waals surface area contributed by atoms with E-state index in [1.165, 1.54) is 0 Å². The molecule has 0 aromatic carbocycles. The number of hydrogen-bond donors (Lipinski definition) is 1. The molecule has 1 aromatic heterocycles. The average Bonchev–Trinajstić information content (AvgIpc) is 2.47. The molecule has 0 unspecified atom stereocenters. The molecule has 1 heterocycles. The van der Waals surface area contributed by atoms with Gasteiger partial charge in [-0.05, 0) is 6.92 Å². The number of carboxylic acids is 1. The molecule has 66 valence electrons. The zero-order chi connectivity index (χ0) is 8.97. The van der Waals surface area contributed by atoms with Gasteiger partial charge < -0.3 is 9.67 Å². The van der Waals surface area contributed by atoms with Crippen LogP contribution in [-0.2, 0) is 17.8 Å². The average molecular weight is 169 g/mol. The lowest BCUT2D eigenvalue weighted by molar-refractivity contribution is -0.137. The largest absolute Gasteiger partial charge is 0.481 e. The van der Waals surface area contributed by atoms with Crippen molar-refractivity contribution in [1.29, 1.82) is 0 Å². The molecular weight excluding hydrogens is 158 g/mol. The van der Waals surface area contributed by atoms with E-state index in [0.29, 0.717) is 6.42 Å². The quantitative estimate of drug-likeness (QED) is 0.704. The Morgan fingerprint density at radius 1 is 1.75 bits per heavy atom. The maximum absolute atomic E-state index is 10.2. The van der Waals surface area contributed by atoms with Gasteiger partial charge in [0.25, 0.3) is 0 Å². The van der Waals surface area contributed by atoms with Crippen molar-refractivity contribution >= 4 is 5.97 Å². The summed E-state index contributed by atoms with van der Waals surface area (Å²) in [5.74, 6) is -0.0689. The molecule has 5 nitrogen and oxygen atoms in total. The van der Waals surface area contributed by atoms with Crippen LogP contribution in [0.3, 0.4) is 0 Å². The molecule has 0 amide bonds. The summed E-state index contributed by atoms with van der Waals surface area (Å²) in [6, 6.07) is 0. The van der Waals surface area contributed by atoms with Crippen LogP contribution in [0.25, 0.3) is 0 Å². The number of aliphatic carboxylic acids is 1. The highest BCUT2D eigenvalue weighted by Crippen LogP contribution is 1.98. The number of carboxylic acid groups (broad SMARTS) is 1. The fourth-order valence-electron chi connectivity index (χ4n) is 0.955. The Kier molecular flexibility index (Phi) is 2.79. The number of aromatic nitrogens is 3. The Morgan fingerprint density at radius 3 is 3.08 bits per heavy atom. The van der Waals surface area contributed by atoms with Crippen molar-refractivity contribution in [2.45, 2.75) is 26.3 Å². The first-order chi connectivity index (χ1) is 5.74. The highest BCUT2D eigenvalue weighted by Gasteiger charge is 2.04. The molecule has 0 radical (unpaired) electrons. The van der Waals surface area contributed by atoms with Crippen LogP contribution < -0.4 is 0 Å². The van der Waals surface area contributed by atoms with E-state index in [1.807, 2.05) is 11.5 Å². The van der Waals surface area contributed by atoms with Crippen molar-refractivity contribution in [3.63, 3.8) is 0 Å².